The summed E-state index contributed by atoms with van der Waals surface area (Å²) in [6.45, 7) is 22.3. The highest BCUT2D eigenvalue weighted by Gasteiger charge is 2.40. The van der Waals surface area contributed by atoms with Gasteiger partial charge in [-0.2, -0.15) is 0 Å². The van der Waals surface area contributed by atoms with Gasteiger partial charge in [-0.1, -0.05) is 49.8 Å². The van der Waals surface area contributed by atoms with Crippen molar-refractivity contribution < 1.29 is 8.82 Å². The van der Waals surface area contributed by atoms with Crippen LogP contribution < -0.4 is 5.32 Å². The van der Waals surface area contributed by atoms with Crippen LogP contribution in [0.5, 0.6) is 0 Å². The summed E-state index contributed by atoms with van der Waals surface area (Å²) in [5, 5.41) is 14.4. The summed E-state index contributed by atoms with van der Waals surface area (Å²) >= 11 is 7.88. The Balaban J connectivity index is 2.00. The molecular weight excluding hydrogens is 487 g/mol. The van der Waals surface area contributed by atoms with Crippen LogP contribution >= 0.6 is 22.9 Å². The van der Waals surface area contributed by atoms with Crippen LogP contribution in [-0.2, 0) is 4.43 Å². The molecule has 5 nitrogen and oxygen atoms in total. The fraction of sp³-hybridized carbons (Fsp3) is 0.400. The second-order valence-electron chi connectivity index (χ2n) is 9.84. The SMILES string of the molecule is [C-]#[N+]c1ccc(N[C@@H](c2nnc(-c3ccc(F)cc3)s2)[C@@H](C)O[Si](C)(C)C(C)(C)C)c(C)c1Cl. The van der Waals surface area contributed by atoms with Gasteiger partial charge in [0.05, 0.1) is 17.7 Å². The molecule has 0 saturated heterocycles. The van der Waals surface area contributed by atoms with E-state index in [2.05, 4.69) is 54.2 Å². The van der Waals surface area contributed by atoms with Gasteiger partial charge in [0.15, 0.2) is 8.32 Å². The number of nitrogens with zero attached hydrogens (tertiary/aromatic N) is 3. The third-order valence-electron chi connectivity index (χ3n) is 6.35. The molecular formula is C25H30ClFN4OSSi. The van der Waals surface area contributed by atoms with Crippen molar-refractivity contribution in [3.8, 4) is 10.6 Å². The van der Waals surface area contributed by atoms with Gasteiger partial charge >= 0.3 is 0 Å². The lowest BCUT2D eigenvalue weighted by molar-refractivity contribution is 0.177. The molecule has 0 radical (unpaired) electrons. The van der Waals surface area contributed by atoms with Crippen molar-refractivity contribution in [1.29, 1.82) is 0 Å². The van der Waals surface area contributed by atoms with Gasteiger partial charge in [0.1, 0.15) is 21.9 Å². The number of halogens is 2. The minimum absolute atomic E-state index is 0.0444. The number of anilines is 1. The van der Waals surface area contributed by atoms with E-state index in [1.807, 2.05) is 19.9 Å². The molecule has 9 heteroatoms. The summed E-state index contributed by atoms with van der Waals surface area (Å²) in [6.07, 6.45) is -0.214. The molecule has 0 saturated carbocycles. The van der Waals surface area contributed by atoms with Crippen LogP contribution in [0.1, 0.15) is 44.3 Å². The van der Waals surface area contributed by atoms with Gasteiger partial charge in [-0.05, 0) is 67.9 Å². The third-order valence-corrected chi connectivity index (χ3v) is 12.5. The summed E-state index contributed by atoms with van der Waals surface area (Å²) in [4.78, 5) is 3.49. The Kier molecular flexibility index (Phi) is 7.83. The average Bonchev–Trinajstić information content (AvgIpc) is 3.24. The van der Waals surface area contributed by atoms with Gasteiger partial charge < -0.3 is 9.74 Å². The minimum Gasteiger partial charge on any atom is -0.412 e. The maximum Gasteiger partial charge on any atom is 0.205 e. The zero-order valence-corrected chi connectivity index (χ0v) is 23.1. The Labute approximate surface area is 211 Å². The molecule has 0 aliphatic heterocycles. The number of benzene rings is 2. The van der Waals surface area contributed by atoms with Crippen LogP contribution in [0.3, 0.4) is 0 Å². The zero-order chi connectivity index (χ0) is 25.3. The monoisotopic (exact) mass is 516 g/mol. The predicted molar refractivity (Wildman–Crippen MR) is 142 cm³/mol. The molecule has 1 aromatic heterocycles. The highest BCUT2D eigenvalue weighted by molar-refractivity contribution is 7.14. The molecule has 0 fully saturated rings. The van der Waals surface area contributed by atoms with Crippen LogP contribution in [0.15, 0.2) is 36.4 Å². The average molecular weight is 517 g/mol. The predicted octanol–water partition coefficient (Wildman–Crippen LogP) is 8.42. The molecule has 0 unspecified atom stereocenters. The lowest BCUT2D eigenvalue weighted by Crippen LogP contribution is -2.45. The molecule has 0 aliphatic carbocycles. The molecule has 3 rings (SSSR count). The van der Waals surface area contributed by atoms with Crippen LogP contribution in [0.2, 0.25) is 23.2 Å². The van der Waals surface area contributed by atoms with E-state index in [0.29, 0.717) is 15.7 Å². The number of rotatable bonds is 7. The van der Waals surface area contributed by atoms with Crippen LogP contribution in [0.4, 0.5) is 15.8 Å². The lowest BCUT2D eigenvalue weighted by atomic mass is 10.1. The molecule has 1 N–H and O–H groups in total. The fourth-order valence-corrected chi connectivity index (χ4v) is 5.86. The molecule has 1 heterocycles. The van der Waals surface area contributed by atoms with Gasteiger partial charge in [-0.25, -0.2) is 9.24 Å². The van der Waals surface area contributed by atoms with Crippen molar-refractivity contribution in [2.75, 3.05) is 5.32 Å². The van der Waals surface area contributed by atoms with E-state index in [9.17, 15) is 4.39 Å². The summed E-state index contributed by atoms with van der Waals surface area (Å²) in [5.74, 6) is -0.292. The Morgan fingerprint density at radius 3 is 2.38 bits per heavy atom. The van der Waals surface area contributed by atoms with Crippen LogP contribution in [-0.4, -0.2) is 24.6 Å². The molecule has 0 aliphatic rings. The molecule has 180 valence electrons. The van der Waals surface area contributed by atoms with Gasteiger partial charge in [-0.3, -0.25) is 0 Å². The van der Waals surface area contributed by atoms with Gasteiger partial charge in [-0.15, -0.1) is 10.2 Å². The van der Waals surface area contributed by atoms with E-state index >= 15 is 0 Å². The first-order chi connectivity index (χ1) is 15.8. The molecule has 2 aromatic carbocycles. The second-order valence-corrected chi connectivity index (χ2v) is 16.0. The summed E-state index contributed by atoms with van der Waals surface area (Å²) < 4.78 is 20.1. The van der Waals surface area contributed by atoms with Gasteiger partial charge in [0, 0.05) is 11.3 Å². The van der Waals surface area contributed by atoms with E-state index < -0.39 is 8.32 Å². The molecule has 2 atom stereocenters. The maximum absolute atomic E-state index is 13.4. The number of hydrogen-bond acceptors (Lipinski definition) is 5. The highest BCUT2D eigenvalue weighted by Crippen LogP contribution is 2.41. The molecule has 34 heavy (non-hydrogen) atoms. The smallest absolute Gasteiger partial charge is 0.205 e. The first-order valence-electron chi connectivity index (χ1n) is 11.0. The molecule has 3 aromatic rings. The number of nitrogens with one attached hydrogen (secondary N) is 1. The van der Waals surface area contributed by atoms with Crippen LogP contribution in [0.25, 0.3) is 15.4 Å². The second kappa shape index (κ2) is 10.1. The molecule has 0 amide bonds. The van der Waals surface area contributed by atoms with Gasteiger partial charge in [0.2, 0.25) is 5.69 Å². The minimum atomic E-state index is -2.07. The Morgan fingerprint density at radius 2 is 1.79 bits per heavy atom. The molecule has 0 spiro atoms. The fourth-order valence-electron chi connectivity index (χ4n) is 3.24. The largest absolute Gasteiger partial charge is 0.412 e. The quantitative estimate of drug-likeness (QED) is 0.253. The van der Waals surface area contributed by atoms with Crippen molar-refractivity contribution in [3.63, 3.8) is 0 Å². The maximum atomic E-state index is 13.4. The van der Waals surface area contributed by atoms with E-state index in [-0.39, 0.29) is 23.0 Å². The Hall–Kier alpha value is -2.31. The zero-order valence-electron chi connectivity index (χ0n) is 20.5. The van der Waals surface area contributed by atoms with Crippen molar-refractivity contribution >= 4 is 42.6 Å². The van der Waals surface area contributed by atoms with Crippen molar-refractivity contribution in [2.24, 2.45) is 0 Å². The van der Waals surface area contributed by atoms with E-state index in [1.165, 1.54) is 23.5 Å². The first kappa shape index (κ1) is 26.3. The van der Waals surface area contributed by atoms with Crippen molar-refractivity contribution in [3.05, 3.63) is 69.2 Å². The first-order valence-corrected chi connectivity index (χ1v) is 15.1. The Bertz CT molecular complexity index is 1200. The van der Waals surface area contributed by atoms with Gasteiger partial charge in [0.25, 0.3) is 0 Å². The topological polar surface area (TPSA) is 51.4 Å². The van der Waals surface area contributed by atoms with Crippen LogP contribution in [0, 0.1) is 19.3 Å². The normalized spacial score (nSPS) is 13.9. The standard InChI is InChI=1S/C25H30ClFN4OSSi/c1-15-19(13-14-20(28-6)21(15)26)29-22(16(2)32-34(7,8)25(3,4)5)24-31-30-23(33-24)17-9-11-18(27)12-10-17/h9-14,16,22,29H,1-5,7-8H3/t16-,22-/m1/s1. The van der Waals surface area contributed by atoms with E-state index in [0.717, 1.165) is 21.8 Å². The third kappa shape index (κ3) is 5.66. The van der Waals surface area contributed by atoms with Crippen molar-refractivity contribution in [1.82, 2.24) is 10.2 Å². The summed E-state index contributed by atoms with van der Waals surface area (Å²) in [5.41, 5.74) is 2.83. The lowest BCUT2D eigenvalue weighted by Gasteiger charge is -2.40. The van der Waals surface area contributed by atoms with Crippen molar-refractivity contribution in [2.45, 2.75) is 64.9 Å². The Morgan fingerprint density at radius 1 is 1.15 bits per heavy atom. The highest BCUT2D eigenvalue weighted by atomic mass is 35.5. The summed E-state index contributed by atoms with van der Waals surface area (Å²) in [6, 6.07) is 9.51. The van der Waals surface area contributed by atoms with E-state index in [4.69, 9.17) is 22.6 Å². The number of hydrogen-bond donors (Lipinski definition) is 1. The van der Waals surface area contributed by atoms with E-state index in [1.54, 1.807) is 18.2 Å². The molecule has 0 bridgehead atoms. The number of aromatic nitrogens is 2. The summed E-state index contributed by atoms with van der Waals surface area (Å²) in [7, 11) is -2.07.